The normalized spacial score (nSPS) is 12.4. The van der Waals surface area contributed by atoms with Gasteiger partial charge in [0.2, 0.25) is 0 Å². The van der Waals surface area contributed by atoms with Gasteiger partial charge in [-0.1, -0.05) is 12.1 Å². The van der Waals surface area contributed by atoms with Crippen LogP contribution in [0.3, 0.4) is 0 Å². The van der Waals surface area contributed by atoms with Crippen molar-refractivity contribution in [1.29, 1.82) is 0 Å². The van der Waals surface area contributed by atoms with Gasteiger partial charge in [0.15, 0.2) is 0 Å². The highest BCUT2D eigenvalue weighted by Gasteiger charge is 2.07. The van der Waals surface area contributed by atoms with E-state index >= 15 is 0 Å². The van der Waals surface area contributed by atoms with Crippen LogP contribution in [0.2, 0.25) is 0 Å². The molecule has 0 aliphatic heterocycles. The topological polar surface area (TPSA) is 39.1 Å². The number of rotatable bonds is 6. The van der Waals surface area contributed by atoms with Gasteiger partial charge in [0.05, 0.1) is 13.7 Å². The Kier molecular flexibility index (Phi) is 4.58. The molecule has 0 aliphatic rings. The molecule has 0 spiro atoms. The number of hydrogen-bond acceptors (Lipinski definition) is 3. The number of methoxy groups -OCH3 is 1. The molecule has 0 aliphatic carbocycles. The zero-order chi connectivity index (χ0) is 13.7. The van der Waals surface area contributed by atoms with Crippen molar-refractivity contribution in [3.8, 4) is 5.75 Å². The van der Waals surface area contributed by atoms with Gasteiger partial charge in [0.1, 0.15) is 11.6 Å². The average molecular weight is 259 g/mol. The van der Waals surface area contributed by atoms with Crippen LogP contribution < -0.4 is 10.1 Å². The fourth-order valence-electron chi connectivity index (χ4n) is 2.05. The third-order valence-electron chi connectivity index (χ3n) is 3.32. The molecule has 0 unspecified atom stereocenters. The summed E-state index contributed by atoms with van der Waals surface area (Å²) < 4.78 is 7.31. The standard InChI is InChI=1S/C15H21N3O/c1-4-18-10-9-16-15(18)11-17-12(2)13-5-7-14(19-3)8-6-13/h5-10,12,17H,4,11H2,1-3H3/t12-/m1/s1. The van der Waals surface area contributed by atoms with Crippen molar-refractivity contribution >= 4 is 0 Å². The molecule has 0 bridgehead atoms. The largest absolute Gasteiger partial charge is 0.497 e. The summed E-state index contributed by atoms with van der Waals surface area (Å²) in [5.41, 5.74) is 1.25. The summed E-state index contributed by atoms with van der Waals surface area (Å²) in [7, 11) is 1.68. The number of nitrogens with one attached hydrogen (secondary N) is 1. The zero-order valence-electron chi connectivity index (χ0n) is 11.8. The molecule has 4 heteroatoms. The Hall–Kier alpha value is -1.81. The Bertz CT molecular complexity index is 504. The van der Waals surface area contributed by atoms with Crippen LogP contribution in [0.15, 0.2) is 36.7 Å². The SMILES string of the molecule is CCn1ccnc1CN[C@H](C)c1ccc(OC)cc1. The van der Waals surface area contributed by atoms with Gasteiger partial charge in [0.25, 0.3) is 0 Å². The highest BCUT2D eigenvalue weighted by atomic mass is 16.5. The Morgan fingerprint density at radius 3 is 2.68 bits per heavy atom. The predicted molar refractivity (Wildman–Crippen MR) is 76.1 cm³/mol. The molecule has 0 saturated heterocycles. The van der Waals surface area contributed by atoms with Crippen molar-refractivity contribution in [2.45, 2.75) is 33.0 Å². The number of nitrogens with zero attached hydrogens (tertiary/aromatic N) is 2. The summed E-state index contributed by atoms with van der Waals surface area (Å²) in [6.07, 6.45) is 3.85. The van der Waals surface area contributed by atoms with E-state index in [4.69, 9.17) is 4.74 Å². The van der Waals surface area contributed by atoms with Crippen LogP contribution in [-0.2, 0) is 13.1 Å². The molecule has 0 radical (unpaired) electrons. The molecule has 1 heterocycles. The third kappa shape index (κ3) is 3.35. The smallest absolute Gasteiger partial charge is 0.122 e. The van der Waals surface area contributed by atoms with Gasteiger partial charge in [-0.05, 0) is 31.5 Å². The maximum atomic E-state index is 5.16. The Morgan fingerprint density at radius 1 is 1.32 bits per heavy atom. The van der Waals surface area contributed by atoms with E-state index in [9.17, 15) is 0 Å². The first-order valence-corrected chi connectivity index (χ1v) is 6.62. The van der Waals surface area contributed by atoms with Crippen LogP contribution in [0.5, 0.6) is 5.75 Å². The molecule has 0 amide bonds. The summed E-state index contributed by atoms with van der Waals surface area (Å²) >= 11 is 0. The van der Waals surface area contributed by atoms with E-state index < -0.39 is 0 Å². The molecule has 1 aromatic carbocycles. The number of benzene rings is 1. The lowest BCUT2D eigenvalue weighted by atomic mass is 10.1. The lowest BCUT2D eigenvalue weighted by molar-refractivity contribution is 0.414. The molecule has 0 saturated carbocycles. The van der Waals surface area contributed by atoms with Gasteiger partial charge in [0, 0.05) is 25.0 Å². The minimum Gasteiger partial charge on any atom is -0.497 e. The zero-order valence-corrected chi connectivity index (χ0v) is 11.8. The maximum Gasteiger partial charge on any atom is 0.122 e. The van der Waals surface area contributed by atoms with E-state index in [0.717, 1.165) is 24.7 Å². The van der Waals surface area contributed by atoms with E-state index in [1.165, 1.54) is 5.56 Å². The van der Waals surface area contributed by atoms with E-state index in [-0.39, 0.29) is 6.04 Å². The molecule has 2 aromatic rings. The van der Waals surface area contributed by atoms with Gasteiger partial charge in [-0.2, -0.15) is 0 Å². The molecule has 0 fully saturated rings. The van der Waals surface area contributed by atoms with E-state index in [1.807, 2.05) is 24.5 Å². The first kappa shape index (κ1) is 13.6. The quantitative estimate of drug-likeness (QED) is 0.867. The van der Waals surface area contributed by atoms with E-state index in [1.54, 1.807) is 7.11 Å². The van der Waals surface area contributed by atoms with Gasteiger partial charge in [-0.15, -0.1) is 0 Å². The van der Waals surface area contributed by atoms with Crippen LogP contribution in [0.4, 0.5) is 0 Å². The van der Waals surface area contributed by atoms with Gasteiger partial charge in [-0.25, -0.2) is 4.98 Å². The van der Waals surface area contributed by atoms with Crippen molar-refractivity contribution in [2.24, 2.45) is 0 Å². The third-order valence-corrected chi connectivity index (χ3v) is 3.32. The highest BCUT2D eigenvalue weighted by Crippen LogP contribution is 2.17. The molecule has 2 rings (SSSR count). The maximum absolute atomic E-state index is 5.16. The van der Waals surface area contributed by atoms with Crippen molar-refractivity contribution in [2.75, 3.05) is 7.11 Å². The molecule has 19 heavy (non-hydrogen) atoms. The molecule has 4 nitrogen and oxygen atoms in total. The number of imidazole rings is 1. The van der Waals surface area contributed by atoms with Crippen molar-refractivity contribution < 1.29 is 4.74 Å². The van der Waals surface area contributed by atoms with Crippen molar-refractivity contribution in [3.63, 3.8) is 0 Å². The molecular weight excluding hydrogens is 238 g/mol. The minimum absolute atomic E-state index is 0.285. The summed E-state index contributed by atoms with van der Waals surface area (Å²) in [4.78, 5) is 4.36. The molecule has 102 valence electrons. The van der Waals surface area contributed by atoms with Crippen LogP contribution in [0, 0.1) is 0 Å². The number of aromatic nitrogens is 2. The summed E-state index contributed by atoms with van der Waals surface area (Å²) in [6.45, 7) is 6.00. The summed E-state index contributed by atoms with van der Waals surface area (Å²) in [5, 5.41) is 3.49. The van der Waals surface area contributed by atoms with Crippen molar-refractivity contribution in [3.05, 3.63) is 48.0 Å². The monoisotopic (exact) mass is 259 g/mol. The van der Waals surface area contributed by atoms with Crippen LogP contribution in [-0.4, -0.2) is 16.7 Å². The fourth-order valence-corrected chi connectivity index (χ4v) is 2.05. The van der Waals surface area contributed by atoms with E-state index in [0.29, 0.717) is 0 Å². The Labute approximate surface area is 114 Å². The first-order valence-electron chi connectivity index (χ1n) is 6.62. The van der Waals surface area contributed by atoms with Gasteiger partial charge in [-0.3, -0.25) is 0 Å². The molecule has 1 N–H and O–H groups in total. The van der Waals surface area contributed by atoms with E-state index in [2.05, 4.69) is 40.8 Å². The van der Waals surface area contributed by atoms with Crippen LogP contribution in [0.25, 0.3) is 0 Å². The minimum atomic E-state index is 0.285. The van der Waals surface area contributed by atoms with Crippen LogP contribution >= 0.6 is 0 Å². The molecule has 1 atom stereocenters. The second-order valence-corrected chi connectivity index (χ2v) is 4.51. The molecular formula is C15H21N3O. The highest BCUT2D eigenvalue weighted by molar-refractivity contribution is 5.28. The summed E-state index contributed by atoms with van der Waals surface area (Å²) in [5.74, 6) is 1.96. The van der Waals surface area contributed by atoms with Crippen molar-refractivity contribution in [1.82, 2.24) is 14.9 Å². The first-order chi connectivity index (χ1) is 9.24. The lowest BCUT2D eigenvalue weighted by Crippen LogP contribution is -2.20. The number of ether oxygens (including phenoxy) is 1. The average Bonchev–Trinajstić information content (AvgIpc) is 2.92. The van der Waals surface area contributed by atoms with Crippen LogP contribution in [0.1, 0.15) is 31.3 Å². The molecule has 1 aromatic heterocycles. The Balaban J connectivity index is 1.95. The summed E-state index contributed by atoms with van der Waals surface area (Å²) in [6, 6.07) is 8.43. The number of hydrogen-bond donors (Lipinski definition) is 1. The Morgan fingerprint density at radius 2 is 2.05 bits per heavy atom. The second-order valence-electron chi connectivity index (χ2n) is 4.51. The van der Waals surface area contributed by atoms with Gasteiger partial charge < -0.3 is 14.6 Å². The fraction of sp³-hybridized carbons (Fsp3) is 0.400. The second kappa shape index (κ2) is 6.38. The number of aryl methyl sites for hydroxylation is 1. The lowest BCUT2D eigenvalue weighted by Gasteiger charge is -2.15. The predicted octanol–water partition coefficient (Wildman–Crippen LogP) is 2.76. The van der Waals surface area contributed by atoms with Gasteiger partial charge >= 0.3 is 0 Å².